The first-order chi connectivity index (χ1) is 8.75. The van der Waals surface area contributed by atoms with Gasteiger partial charge in [0.2, 0.25) is 0 Å². The molecule has 1 aliphatic heterocycles. The van der Waals surface area contributed by atoms with Gasteiger partial charge in [-0.1, -0.05) is 25.0 Å². The molecule has 0 bridgehead atoms. The van der Waals surface area contributed by atoms with Crippen LogP contribution in [-0.2, 0) is 0 Å². The van der Waals surface area contributed by atoms with Crippen LogP contribution in [0.3, 0.4) is 0 Å². The van der Waals surface area contributed by atoms with Crippen LogP contribution in [0.5, 0.6) is 0 Å². The Labute approximate surface area is 108 Å². The summed E-state index contributed by atoms with van der Waals surface area (Å²) >= 11 is 0. The molecule has 1 fully saturated rings. The van der Waals surface area contributed by atoms with Gasteiger partial charge in [0, 0.05) is 11.9 Å². The first-order valence-corrected chi connectivity index (χ1v) is 6.86. The average molecular weight is 244 g/mol. The molecule has 1 nitrogen and oxygen atoms in total. The van der Waals surface area contributed by atoms with Crippen molar-refractivity contribution in [3.05, 3.63) is 41.6 Å². The average Bonchev–Trinajstić information content (AvgIpc) is 2.99. The van der Waals surface area contributed by atoms with Crippen molar-refractivity contribution < 1.29 is 4.39 Å². The summed E-state index contributed by atoms with van der Waals surface area (Å²) in [4.78, 5) is 2.06. The highest BCUT2D eigenvalue weighted by molar-refractivity contribution is 5.63. The number of hydrogen-bond acceptors (Lipinski definition) is 1. The highest BCUT2D eigenvalue weighted by Gasteiger charge is 2.25. The zero-order valence-electron chi connectivity index (χ0n) is 10.8. The molecule has 2 aliphatic rings. The molecular weight excluding hydrogens is 225 g/mol. The summed E-state index contributed by atoms with van der Waals surface area (Å²) in [6.45, 7) is 2.53. The van der Waals surface area contributed by atoms with Gasteiger partial charge in [-0.2, -0.15) is 0 Å². The Balaban J connectivity index is 1.98. The molecule has 1 radical (unpaired) electrons. The largest absolute Gasteiger partial charge is 0.344 e. The van der Waals surface area contributed by atoms with Gasteiger partial charge in [0.1, 0.15) is 6.17 Å². The number of rotatable bonds is 2. The number of alkyl halides is 1. The van der Waals surface area contributed by atoms with E-state index in [1.54, 1.807) is 6.08 Å². The summed E-state index contributed by atoms with van der Waals surface area (Å²) in [5, 5.41) is 0. The minimum Gasteiger partial charge on any atom is -0.344 e. The number of anilines is 1. The quantitative estimate of drug-likeness (QED) is 0.756. The minimum atomic E-state index is -0.832. The van der Waals surface area contributed by atoms with E-state index in [-0.39, 0.29) is 0 Å². The maximum absolute atomic E-state index is 13.4. The molecule has 3 rings (SSSR count). The van der Waals surface area contributed by atoms with Crippen LogP contribution in [0.25, 0.3) is 0 Å². The summed E-state index contributed by atoms with van der Waals surface area (Å²) in [5.41, 5.74) is 3.72. The van der Waals surface area contributed by atoms with E-state index in [2.05, 4.69) is 24.0 Å². The Bertz CT molecular complexity index is 460. The number of aryl methyl sites for hydroxylation is 1. The lowest BCUT2D eigenvalue weighted by Crippen LogP contribution is -2.20. The standard InChI is InChI=1S/C16H19FN/c1-12-5-4-8-15(13-6-2-3-7-13)16(12)18-10-9-14(17)11-18/h4,8-10,13-14H,2-3,6-7,11H2,1H3. The first kappa shape index (κ1) is 11.8. The zero-order valence-corrected chi connectivity index (χ0v) is 10.8. The monoisotopic (exact) mass is 244 g/mol. The minimum absolute atomic E-state index is 0.457. The smallest absolute Gasteiger partial charge is 0.138 e. The van der Waals surface area contributed by atoms with E-state index in [1.807, 2.05) is 12.3 Å². The summed E-state index contributed by atoms with van der Waals surface area (Å²) < 4.78 is 13.4. The van der Waals surface area contributed by atoms with E-state index in [0.29, 0.717) is 12.5 Å². The van der Waals surface area contributed by atoms with Gasteiger partial charge in [0.15, 0.2) is 0 Å². The molecule has 0 saturated heterocycles. The van der Waals surface area contributed by atoms with Gasteiger partial charge in [0.05, 0.1) is 6.54 Å². The van der Waals surface area contributed by atoms with Gasteiger partial charge >= 0.3 is 0 Å². The van der Waals surface area contributed by atoms with Crippen molar-refractivity contribution in [1.82, 2.24) is 0 Å². The molecule has 0 aromatic heterocycles. The number of benzene rings is 1. The highest BCUT2D eigenvalue weighted by atomic mass is 19.1. The Hall–Kier alpha value is -1.31. The maximum atomic E-state index is 13.4. The van der Waals surface area contributed by atoms with E-state index < -0.39 is 6.17 Å². The molecule has 95 valence electrons. The van der Waals surface area contributed by atoms with Gasteiger partial charge in [-0.25, -0.2) is 4.39 Å². The SMILES string of the molecule is Cc1[c]ccc(C2CCCC2)c1N1C=CC(F)C1. The van der Waals surface area contributed by atoms with Gasteiger partial charge < -0.3 is 4.90 Å². The Morgan fingerprint density at radius 2 is 2.11 bits per heavy atom. The fourth-order valence-corrected chi connectivity index (χ4v) is 3.24. The lowest BCUT2D eigenvalue weighted by molar-refractivity contribution is 0.419. The Kier molecular flexibility index (Phi) is 3.11. The molecule has 0 N–H and O–H groups in total. The number of hydrogen-bond donors (Lipinski definition) is 0. The third kappa shape index (κ3) is 2.05. The van der Waals surface area contributed by atoms with Crippen molar-refractivity contribution in [2.45, 2.75) is 44.7 Å². The molecule has 18 heavy (non-hydrogen) atoms. The number of halogens is 1. The Morgan fingerprint density at radius 3 is 2.78 bits per heavy atom. The van der Waals surface area contributed by atoms with Crippen LogP contribution in [-0.4, -0.2) is 12.7 Å². The third-order valence-electron chi connectivity index (χ3n) is 4.12. The highest BCUT2D eigenvalue weighted by Crippen LogP contribution is 2.41. The third-order valence-corrected chi connectivity index (χ3v) is 4.12. The van der Waals surface area contributed by atoms with Crippen LogP contribution in [0, 0.1) is 13.0 Å². The van der Waals surface area contributed by atoms with Crippen molar-refractivity contribution >= 4 is 5.69 Å². The summed E-state index contributed by atoms with van der Waals surface area (Å²) in [6, 6.07) is 7.45. The summed E-state index contributed by atoms with van der Waals surface area (Å²) in [5.74, 6) is 0.653. The van der Waals surface area contributed by atoms with Crippen LogP contribution in [0.1, 0.15) is 42.7 Å². The molecule has 1 heterocycles. The lowest BCUT2D eigenvalue weighted by Gasteiger charge is -2.25. The van der Waals surface area contributed by atoms with Crippen molar-refractivity contribution in [2.24, 2.45) is 0 Å². The van der Waals surface area contributed by atoms with E-state index in [9.17, 15) is 4.39 Å². The normalized spacial score (nSPS) is 24.1. The van der Waals surface area contributed by atoms with Gasteiger partial charge in [-0.3, -0.25) is 0 Å². The van der Waals surface area contributed by atoms with Crippen LogP contribution in [0.4, 0.5) is 10.1 Å². The fourth-order valence-electron chi connectivity index (χ4n) is 3.24. The summed E-state index contributed by atoms with van der Waals surface area (Å²) in [7, 11) is 0. The topological polar surface area (TPSA) is 3.24 Å². The summed E-state index contributed by atoms with van der Waals surface area (Å²) in [6.07, 6.45) is 7.89. The predicted molar refractivity (Wildman–Crippen MR) is 72.6 cm³/mol. The maximum Gasteiger partial charge on any atom is 0.138 e. The molecule has 0 amide bonds. The molecule has 1 aliphatic carbocycles. The van der Waals surface area contributed by atoms with Crippen LogP contribution in [0.2, 0.25) is 0 Å². The number of nitrogens with zero attached hydrogens (tertiary/aromatic N) is 1. The van der Waals surface area contributed by atoms with Crippen molar-refractivity contribution in [3.63, 3.8) is 0 Å². The van der Waals surface area contributed by atoms with Gasteiger partial charge in [-0.05, 0) is 49.0 Å². The first-order valence-electron chi connectivity index (χ1n) is 6.86. The molecule has 1 atom stereocenters. The molecule has 1 saturated carbocycles. The van der Waals surface area contributed by atoms with Crippen molar-refractivity contribution in [2.75, 3.05) is 11.4 Å². The molecule has 1 unspecified atom stereocenters. The second-order valence-corrected chi connectivity index (χ2v) is 5.40. The van der Waals surface area contributed by atoms with Crippen molar-refractivity contribution in [3.8, 4) is 0 Å². The van der Waals surface area contributed by atoms with Crippen LogP contribution < -0.4 is 4.90 Å². The van der Waals surface area contributed by atoms with E-state index >= 15 is 0 Å². The van der Waals surface area contributed by atoms with Gasteiger partial charge in [0.25, 0.3) is 0 Å². The Morgan fingerprint density at radius 1 is 1.33 bits per heavy atom. The van der Waals surface area contributed by atoms with Crippen LogP contribution >= 0.6 is 0 Å². The predicted octanol–water partition coefficient (Wildman–Crippen LogP) is 4.12. The van der Waals surface area contributed by atoms with Gasteiger partial charge in [-0.15, -0.1) is 0 Å². The molecule has 1 aromatic carbocycles. The molecule has 1 aromatic rings. The van der Waals surface area contributed by atoms with Crippen molar-refractivity contribution in [1.29, 1.82) is 0 Å². The second-order valence-electron chi connectivity index (χ2n) is 5.40. The zero-order chi connectivity index (χ0) is 12.5. The van der Waals surface area contributed by atoms with E-state index in [1.165, 1.54) is 36.9 Å². The molecular formula is C16H19FN. The lowest BCUT2D eigenvalue weighted by atomic mass is 9.93. The van der Waals surface area contributed by atoms with Crippen LogP contribution in [0.15, 0.2) is 24.4 Å². The second kappa shape index (κ2) is 4.75. The molecule has 2 heteroatoms. The fraction of sp³-hybridized carbons (Fsp3) is 0.500. The van der Waals surface area contributed by atoms with E-state index in [4.69, 9.17) is 0 Å². The molecule has 0 spiro atoms. The van der Waals surface area contributed by atoms with E-state index in [0.717, 1.165) is 5.56 Å².